The molecule has 2 aromatic heterocycles. The van der Waals surface area contributed by atoms with Crippen LogP contribution in [0.5, 0.6) is 0 Å². The average molecular weight is 532 g/mol. The largest absolute Gasteiger partial charge is 0.369 e. The molecule has 2 heterocycles. The maximum Gasteiger partial charge on any atom is 0.246 e. The fourth-order valence-electron chi connectivity index (χ4n) is 3.53. The van der Waals surface area contributed by atoms with Crippen LogP contribution in [-0.2, 0) is 9.59 Å². The van der Waals surface area contributed by atoms with Gasteiger partial charge >= 0.3 is 0 Å². The third-order valence-electron chi connectivity index (χ3n) is 5.87. The monoisotopic (exact) mass is 531 g/mol. The molecule has 11 nitrogen and oxygen atoms in total. The van der Waals surface area contributed by atoms with Crippen LogP contribution >= 0.6 is 0 Å². The van der Waals surface area contributed by atoms with E-state index in [-0.39, 0.29) is 11.8 Å². The van der Waals surface area contributed by atoms with Crippen LogP contribution in [0.4, 0.5) is 17.5 Å². The highest BCUT2D eigenvalue weighted by Gasteiger charge is 2.20. The molecule has 39 heavy (non-hydrogen) atoms. The molecule has 0 unspecified atom stereocenters. The highest BCUT2D eigenvalue weighted by atomic mass is 16.2. The predicted octanol–water partition coefficient (Wildman–Crippen LogP) is 2.74. The van der Waals surface area contributed by atoms with Crippen LogP contribution in [0.1, 0.15) is 32.3 Å². The highest BCUT2D eigenvalue weighted by Crippen LogP contribution is 2.21. The predicted molar refractivity (Wildman–Crippen MR) is 155 cm³/mol. The van der Waals surface area contributed by atoms with Gasteiger partial charge < -0.3 is 25.8 Å². The molecule has 1 aromatic carbocycles. The van der Waals surface area contributed by atoms with Gasteiger partial charge in [-0.2, -0.15) is 10.1 Å². The first-order valence-corrected chi connectivity index (χ1v) is 12.9. The van der Waals surface area contributed by atoms with Crippen LogP contribution in [0, 0.1) is 11.8 Å². The Morgan fingerprint density at radius 2 is 2.03 bits per heavy atom. The van der Waals surface area contributed by atoms with Crippen molar-refractivity contribution in [2.24, 2.45) is 0 Å². The number of carbonyl (C=O) groups excluding carboxylic acids is 2. The van der Waals surface area contributed by atoms with Gasteiger partial charge in [0.15, 0.2) is 0 Å². The van der Waals surface area contributed by atoms with E-state index in [4.69, 9.17) is 0 Å². The van der Waals surface area contributed by atoms with E-state index in [1.807, 2.05) is 44.1 Å². The Labute approximate surface area is 229 Å². The van der Waals surface area contributed by atoms with E-state index in [0.29, 0.717) is 49.8 Å². The Hall–Kier alpha value is -4.43. The molecule has 206 valence electrons. The number of hydrogen-bond donors (Lipinski definition) is 4. The smallest absolute Gasteiger partial charge is 0.246 e. The fourth-order valence-corrected chi connectivity index (χ4v) is 3.53. The summed E-state index contributed by atoms with van der Waals surface area (Å²) in [7, 11) is 5.47. The fraction of sp³-hybridized carbons (Fsp3) is 0.393. The quantitative estimate of drug-likeness (QED) is 0.159. The summed E-state index contributed by atoms with van der Waals surface area (Å²) in [5.41, 5.74) is 2.52. The van der Waals surface area contributed by atoms with Crippen LogP contribution in [0.25, 0.3) is 10.9 Å². The van der Waals surface area contributed by atoms with Crippen molar-refractivity contribution in [1.29, 1.82) is 0 Å². The molecule has 4 N–H and O–H groups in total. The lowest BCUT2D eigenvalue weighted by Crippen LogP contribution is -2.45. The summed E-state index contributed by atoms with van der Waals surface area (Å²) in [6, 6.07) is 5.29. The van der Waals surface area contributed by atoms with Crippen molar-refractivity contribution in [3.8, 4) is 11.8 Å². The van der Waals surface area contributed by atoms with E-state index in [1.54, 1.807) is 32.4 Å². The summed E-state index contributed by atoms with van der Waals surface area (Å²) in [5.74, 6) is 6.98. The molecule has 1 atom stereocenters. The molecule has 2 amide bonds. The second kappa shape index (κ2) is 14.5. The van der Waals surface area contributed by atoms with Crippen LogP contribution in [-0.4, -0.2) is 88.6 Å². The molecule has 0 spiro atoms. The number of H-pyrrole nitrogens is 1. The number of amides is 2. The standard InChI is InChI=1S/C28H37N9O2/c1-6-29-26-21(18-31-28(34-26)33-23-13-14-24-22(17-23)19-32-35-24)11-8-7-9-15-30-27(39)20(2)37(5)25(38)12-10-16-36(3)4/h10,12-14,17-20H,6-7,9,15-16H2,1-5H3,(H,30,39)(H,32,35)(H2,29,31,33,34)/b12-10+/t20-/m0/s1. The lowest BCUT2D eigenvalue weighted by molar-refractivity contribution is -0.135. The van der Waals surface area contributed by atoms with Gasteiger partial charge in [0.25, 0.3) is 0 Å². The molecule has 0 aliphatic heterocycles. The molecule has 0 saturated carbocycles. The molecular weight excluding hydrogens is 494 g/mol. The van der Waals surface area contributed by atoms with Crippen molar-refractivity contribution in [2.45, 2.75) is 32.7 Å². The zero-order valence-electron chi connectivity index (χ0n) is 23.2. The number of anilines is 3. The molecule has 11 heteroatoms. The first-order chi connectivity index (χ1) is 18.8. The van der Waals surface area contributed by atoms with Crippen LogP contribution in [0.15, 0.2) is 42.7 Å². The maximum absolute atomic E-state index is 12.4. The minimum atomic E-state index is -0.568. The number of unbranched alkanes of at least 4 members (excludes halogenated alkanes) is 1. The lowest BCUT2D eigenvalue weighted by Gasteiger charge is -2.23. The van der Waals surface area contributed by atoms with E-state index in [1.165, 1.54) is 11.0 Å². The van der Waals surface area contributed by atoms with Crippen LogP contribution in [0.3, 0.4) is 0 Å². The first-order valence-electron chi connectivity index (χ1n) is 12.9. The Kier molecular flexibility index (Phi) is 10.8. The van der Waals surface area contributed by atoms with Gasteiger partial charge in [0.2, 0.25) is 17.8 Å². The molecule has 3 rings (SSSR count). The zero-order valence-corrected chi connectivity index (χ0v) is 23.2. The normalized spacial score (nSPS) is 11.7. The molecular formula is C28H37N9O2. The van der Waals surface area contributed by atoms with E-state index in [9.17, 15) is 9.59 Å². The summed E-state index contributed by atoms with van der Waals surface area (Å²) in [5, 5.41) is 17.3. The number of nitrogens with zero attached hydrogens (tertiary/aromatic N) is 5. The van der Waals surface area contributed by atoms with Gasteiger partial charge in [-0.05, 0) is 52.6 Å². The molecule has 0 aliphatic rings. The van der Waals surface area contributed by atoms with Gasteiger partial charge in [0.1, 0.15) is 11.9 Å². The van der Waals surface area contributed by atoms with Gasteiger partial charge in [0.05, 0.1) is 23.5 Å². The highest BCUT2D eigenvalue weighted by molar-refractivity contribution is 5.92. The third kappa shape index (κ3) is 8.83. The van der Waals surface area contributed by atoms with Crippen LogP contribution < -0.4 is 16.0 Å². The van der Waals surface area contributed by atoms with Gasteiger partial charge in [-0.15, -0.1) is 0 Å². The second-order valence-electron chi connectivity index (χ2n) is 9.27. The molecule has 0 saturated heterocycles. The minimum absolute atomic E-state index is 0.197. The van der Waals surface area contributed by atoms with Gasteiger partial charge in [-0.3, -0.25) is 14.7 Å². The summed E-state index contributed by atoms with van der Waals surface area (Å²) >= 11 is 0. The van der Waals surface area contributed by atoms with Gasteiger partial charge in [-0.1, -0.05) is 17.9 Å². The zero-order chi connectivity index (χ0) is 28.2. The Bertz CT molecular complexity index is 1350. The Balaban J connectivity index is 1.48. The molecule has 0 aliphatic carbocycles. The van der Waals surface area contributed by atoms with Crippen LogP contribution in [0.2, 0.25) is 0 Å². The summed E-state index contributed by atoms with van der Waals surface area (Å²) in [6.45, 7) is 5.53. The van der Waals surface area contributed by atoms with Gasteiger partial charge in [0, 0.05) is 50.3 Å². The van der Waals surface area contributed by atoms with Crippen molar-refractivity contribution in [1.82, 2.24) is 35.3 Å². The number of aromatic amines is 1. The van der Waals surface area contributed by atoms with Crippen molar-refractivity contribution in [3.63, 3.8) is 0 Å². The average Bonchev–Trinajstić information content (AvgIpc) is 3.38. The number of fused-ring (bicyclic) bond motifs is 1. The number of likely N-dealkylation sites (N-methyl/N-ethyl adjacent to an activating group) is 2. The lowest BCUT2D eigenvalue weighted by atomic mass is 10.2. The minimum Gasteiger partial charge on any atom is -0.369 e. The summed E-state index contributed by atoms with van der Waals surface area (Å²) in [4.78, 5) is 37.1. The second-order valence-corrected chi connectivity index (χ2v) is 9.27. The summed E-state index contributed by atoms with van der Waals surface area (Å²) in [6.07, 6.45) is 8.00. The van der Waals surface area contributed by atoms with E-state index >= 15 is 0 Å². The number of nitrogens with one attached hydrogen (secondary N) is 4. The molecule has 0 bridgehead atoms. The molecule has 0 fully saturated rings. The first kappa shape index (κ1) is 29.1. The van der Waals surface area contributed by atoms with Crippen molar-refractivity contribution >= 4 is 40.2 Å². The number of hydrogen-bond acceptors (Lipinski definition) is 8. The van der Waals surface area contributed by atoms with E-state index < -0.39 is 6.04 Å². The third-order valence-corrected chi connectivity index (χ3v) is 5.87. The van der Waals surface area contributed by atoms with E-state index in [0.717, 1.165) is 16.6 Å². The van der Waals surface area contributed by atoms with Crippen molar-refractivity contribution < 1.29 is 9.59 Å². The SMILES string of the molecule is CCNc1nc(Nc2ccc3[nH]ncc3c2)ncc1C#CCCCNC(=O)[C@H](C)N(C)C(=O)/C=C/CN(C)C. The Morgan fingerprint density at radius 1 is 1.21 bits per heavy atom. The van der Waals surface area contributed by atoms with Crippen molar-refractivity contribution in [2.75, 3.05) is 51.4 Å². The van der Waals surface area contributed by atoms with E-state index in [2.05, 4.69) is 48.0 Å². The van der Waals surface area contributed by atoms with Gasteiger partial charge in [-0.25, -0.2) is 4.98 Å². The molecule has 0 radical (unpaired) electrons. The molecule has 3 aromatic rings. The van der Waals surface area contributed by atoms with Crippen molar-refractivity contribution in [3.05, 3.63) is 48.3 Å². The maximum atomic E-state index is 12.4. The number of aromatic nitrogens is 4. The number of rotatable bonds is 12. The summed E-state index contributed by atoms with van der Waals surface area (Å²) < 4.78 is 0. The topological polar surface area (TPSA) is 131 Å². The number of benzene rings is 1. The Morgan fingerprint density at radius 3 is 2.79 bits per heavy atom. The number of carbonyl (C=O) groups is 2.